The van der Waals surface area contributed by atoms with Crippen LogP contribution in [0, 0.1) is 0 Å². The molecule has 0 aliphatic heterocycles. The number of hydrogen-bond acceptors (Lipinski definition) is 4. The Morgan fingerprint density at radius 3 is 2.19 bits per heavy atom. The zero-order valence-corrected chi connectivity index (χ0v) is 15.0. The van der Waals surface area contributed by atoms with E-state index in [9.17, 15) is 23.1 Å². The third-order valence-electron chi connectivity index (χ3n) is 3.29. The number of carbonyl (C=O) groups is 1. The van der Waals surface area contributed by atoms with E-state index in [4.69, 9.17) is 4.74 Å². The maximum atomic E-state index is 12.9. The van der Waals surface area contributed by atoms with Gasteiger partial charge in [0.25, 0.3) is 5.78 Å². The lowest BCUT2D eigenvalue weighted by Gasteiger charge is -2.09. The summed E-state index contributed by atoms with van der Waals surface area (Å²) in [5, 5.41) is 10.2. The number of halogens is 4. The van der Waals surface area contributed by atoms with E-state index in [1.54, 1.807) is 24.3 Å². The Bertz CT molecular complexity index is 841. The van der Waals surface area contributed by atoms with Gasteiger partial charge in [0.1, 0.15) is 11.5 Å². The molecule has 0 unspecified atom stereocenters. The van der Waals surface area contributed by atoms with Gasteiger partial charge in [0.15, 0.2) is 0 Å². The summed E-state index contributed by atoms with van der Waals surface area (Å²) in [4.78, 5) is 15.6. The fourth-order valence-electron chi connectivity index (χ4n) is 1.95. The first-order chi connectivity index (χ1) is 12.2. The number of nitrogens with zero attached hydrogens (tertiary/aromatic N) is 1. The lowest BCUT2D eigenvalue weighted by atomic mass is 10.0. The van der Waals surface area contributed by atoms with Crippen molar-refractivity contribution in [3.05, 3.63) is 64.1 Å². The molecule has 2 aromatic rings. The second-order valence-electron chi connectivity index (χ2n) is 5.05. The highest BCUT2D eigenvalue weighted by Crippen LogP contribution is 2.26. The van der Waals surface area contributed by atoms with Crippen molar-refractivity contribution in [1.29, 1.82) is 0 Å². The molecule has 0 spiro atoms. The summed E-state index contributed by atoms with van der Waals surface area (Å²) in [7, 11) is 1.42. The molecule has 0 heterocycles. The molecule has 0 aliphatic carbocycles. The smallest absolute Gasteiger partial charge is 0.455 e. The average molecular weight is 428 g/mol. The fourth-order valence-corrected chi connectivity index (χ4v) is 2.21. The number of aliphatic hydroxyl groups excluding tert-OH is 1. The minimum absolute atomic E-state index is 0.0284. The Balaban J connectivity index is 2.48. The third-order valence-corrected chi connectivity index (χ3v) is 3.82. The van der Waals surface area contributed by atoms with Gasteiger partial charge in [-0.3, -0.25) is 9.79 Å². The van der Waals surface area contributed by atoms with Crippen molar-refractivity contribution in [3.8, 4) is 5.75 Å². The van der Waals surface area contributed by atoms with Gasteiger partial charge in [0, 0.05) is 16.3 Å². The van der Waals surface area contributed by atoms with Crippen LogP contribution in [0.4, 0.5) is 18.9 Å². The molecule has 1 N–H and O–H groups in total. The van der Waals surface area contributed by atoms with Gasteiger partial charge in [-0.2, -0.15) is 13.2 Å². The van der Waals surface area contributed by atoms with E-state index in [2.05, 4.69) is 20.9 Å². The van der Waals surface area contributed by atoms with Gasteiger partial charge in [0.2, 0.25) is 0 Å². The predicted molar refractivity (Wildman–Crippen MR) is 95.9 cm³/mol. The molecule has 2 aromatic carbocycles. The molecule has 0 aliphatic rings. The number of methoxy groups -OCH3 is 1. The van der Waals surface area contributed by atoms with Gasteiger partial charge >= 0.3 is 6.18 Å². The summed E-state index contributed by atoms with van der Waals surface area (Å²) in [5.74, 6) is -2.56. The largest absolute Gasteiger partial charge is 0.506 e. The number of alkyl halides is 3. The van der Waals surface area contributed by atoms with Crippen LogP contribution >= 0.6 is 15.9 Å². The highest BCUT2D eigenvalue weighted by molar-refractivity contribution is 9.10. The molecule has 2 rings (SSSR count). The number of benzene rings is 2. The topological polar surface area (TPSA) is 58.9 Å². The van der Waals surface area contributed by atoms with Crippen LogP contribution in [0.25, 0.3) is 5.76 Å². The normalized spacial score (nSPS) is 12.8. The zero-order chi connectivity index (χ0) is 19.3. The van der Waals surface area contributed by atoms with Gasteiger partial charge in [-0.15, -0.1) is 0 Å². The van der Waals surface area contributed by atoms with Gasteiger partial charge in [-0.05, 0) is 48.5 Å². The summed E-state index contributed by atoms with van der Waals surface area (Å²) in [6.45, 7) is 0. The molecule has 0 atom stereocenters. The lowest BCUT2D eigenvalue weighted by Crippen LogP contribution is -2.26. The van der Waals surface area contributed by atoms with E-state index in [1.807, 2.05) is 0 Å². The molecule has 0 saturated carbocycles. The molecule has 0 aromatic heterocycles. The van der Waals surface area contributed by atoms with Crippen molar-refractivity contribution in [1.82, 2.24) is 0 Å². The van der Waals surface area contributed by atoms with E-state index in [0.29, 0.717) is 17.7 Å². The zero-order valence-electron chi connectivity index (χ0n) is 13.4. The number of ketones is 1. The SMILES string of the molecule is COc1ccc(/C(O)=C(\C=Nc2ccc(Br)cc2)C(=O)C(F)(F)F)cc1. The number of rotatable bonds is 5. The second kappa shape index (κ2) is 8.18. The number of aliphatic hydroxyl groups is 1. The maximum Gasteiger partial charge on any atom is 0.455 e. The molecule has 0 amide bonds. The van der Waals surface area contributed by atoms with Crippen molar-refractivity contribution in [2.24, 2.45) is 4.99 Å². The molecule has 26 heavy (non-hydrogen) atoms. The van der Waals surface area contributed by atoms with E-state index < -0.39 is 23.3 Å². The number of hydrogen-bond donors (Lipinski definition) is 1. The monoisotopic (exact) mass is 427 g/mol. The highest BCUT2D eigenvalue weighted by atomic mass is 79.9. The molecule has 0 fully saturated rings. The Hall–Kier alpha value is -2.61. The van der Waals surface area contributed by atoms with Crippen LogP contribution in [-0.4, -0.2) is 30.4 Å². The van der Waals surface area contributed by atoms with E-state index in [1.165, 1.54) is 31.4 Å². The lowest BCUT2D eigenvalue weighted by molar-refractivity contribution is -0.165. The number of aliphatic imine (C=N–C) groups is 1. The molecule has 0 saturated heterocycles. The molecule has 136 valence electrons. The van der Waals surface area contributed by atoms with E-state index in [-0.39, 0.29) is 5.56 Å². The quantitative estimate of drug-likeness (QED) is 0.402. The summed E-state index contributed by atoms with van der Waals surface area (Å²) >= 11 is 3.23. The first kappa shape index (κ1) is 19.7. The van der Waals surface area contributed by atoms with Crippen molar-refractivity contribution in [2.45, 2.75) is 6.18 Å². The Kier molecular flexibility index (Phi) is 6.20. The summed E-state index contributed by atoms with van der Waals surface area (Å²) in [5.41, 5.74) is -0.602. The summed E-state index contributed by atoms with van der Waals surface area (Å²) in [6, 6.07) is 12.0. The third kappa shape index (κ3) is 4.95. The maximum absolute atomic E-state index is 12.9. The van der Waals surface area contributed by atoms with Crippen molar-refractivity contribution in [3.63, 3.8) is 0 Å². The van der Waals surface area contributed by atoms with Gasteiger partial charge < -0.3 is 9.84 Å². The van der Waals surface area contributed by atoms with Crippen molar-refractivity contribution < 1.29 is 27.8 Å². The summed E-state index contributed by atoms with van der Waals surface area (Å²) < 4.78 is 44.4. The highest BCUT2D eigenvalue weighted by Gasteiger charge is 2.41. The van der Waals surface area contributed by atoms with Gasteiger partial charge in [-0.1, -0.05) is 15.9 Å². The average Bonchev–Trinajstić information content (AvgIpc) is 2.62. The first-order valence-corrected chi connectivity index (χ1v) is 8.00. The van der Waals surface area contributed by atoms with Crippen LogP contribution in [0.1, 0.15) is 5.56 Å². The minimum Gasteiger partial charge on any atom is -0.506 e. The number of ether oxygens (including phenoxy) is 1. The molecular weight excluding hydrogens is 415 g/mol. The molecule has 4 nitrogen and oxygen atoms in total. The Morgan fingerprint density at radius 1 is 1.12 bits per heavy atom. The Labute approximate surface area is 155 Å². The molecule has 8 heteroatoms. The van der Waals surface area contributed by atoms with Crippen molar-refractivity contribution in [2.75, 3.05) is 7.11 Å². The van der Waals surface area contributed by atoms with Crippen LogP contribution in [0.5, 0.6) is 5.75 Å². The standard InChI is InChI=1S/C18H13BrF3NO3/c1-26-14-8-2-11(3-9-14)16(24)15(17(25)18(20,21)22)10-23-13-6-4-12(19)5-7-13/h2-10,24H,1H3/b16-15-,23-10?. The fraction of sp³-hybridized carbons (Fsp3) is 0.111. The molecule has 0 bridgehead atoms. The van der Waals surface area contributed by atoms with Crippen LogP contribution in [0.3, 0.4) is 0 Å². The van der Waals surface area contributed by atoms with Crippen LogP contribution in [0.2, 0.25) is 0 Å². The van der Waals surface area contributed by atoms with Crippen LogP contribution in [0.15, 0.2) is 63.6 Å². The predicted octanol–water partition coefficient (Wildman–Crippen LogP) is 5.26. The number of Topliss-reactive ketones (excluding diaryl/α,β-unsaturated/α-hetero) is 1. The minimum atomic E-state index is -5.15. The van der Waals surface area contributed by atoms with Crippen LogP contribution < -0.4 is 4.74 Å². The first-order valence-electron chi connectivity index (χ1n) is 7.21. The Morgan fingerprint density at radius 2 is 1.69 bits per heavy atom. The summed E-state index contributed by atoms with van der Waals surface area (Å²) in [6.07, 6.45) is -4.44. The van der Waals surface area contributed by atoms with Crippen molar-refractivity contribution >= 4 is 39.4 Å². The molecular formula is C18H13BrF3NO3. The van der Waals surface area contributed by atoms with Gasteiger partial charge in [0.05, 0.1) is 18.4 Å². The van der Waals surface area contributed by atoms with Gasteiger partial charge in [-0.25, -0.2) is 0 Å². The number of carbonyl (C=O) groups excluding carboxylic acids is 1. The van der Waals surface area contributed by atoms with Crippen LogP contribution in [-0.2, 0) is 4.79 Å². The molecule has 0 radical (unpaired) electrons. The van der Waals surface area contributed by atoms with E-state index in [0.717, 1.165) is 4.47 Å². The number of allylic oxidation sites excluding steroid dienone is 1. The second-order valence-corrected chi connectivity index (χ2v) is 5.97. The van der Waals surface area contributed by atoms with E-state index >= 15 is 0 Å².